The Hall–Kier alpha value is -1.86. The lowest BCUT2D eigenvalue weighted by Crippen LogP contribution is -2.16. The van der Waals surface area contributed by atoms with Crippen LogP contribution in [0.1, 0.15) is 5.56 Å². The molecule has 2 N–H and O–H groups in total. The summed E-state index contributed by atoms with van der Waals surface area (Å²) < 4.78 is 48.9. The maximum absolute atomic E-state index is 12.2. The van der Waals surface area contributed by atoms with E-state index in [9.17, 15) is 16.8 Å². The van der Waals surface area contributed by atoms with Crippen LogP contribution in [-0.4, -0.2) is 16.8 Å². The first kappa shape index (κ1) is 14.5. The second-order valence-corrected chi connectivity index (χ2v) is 9.68. The molecule has 7 heteroatoms. The Morgan fingerprint density at radius 3 is 1.45 bits per heavy atom. The van der Waals surface area contributed by atoms with Crippen LogP contribution in [0.4, 0.5) is 5.69 Å². The molecule has 0 aromatic heterocycles. The first-order valence-electron chi connectivity index (χ1n) is 5.67. The largest absolute Gasteiger partial charge is 0.399 e. The van der Waals surface area contributed by atoms with E-state index in [1.54, 1.807) is 19.1 Å². The number of anilines is 1. The van der Waals surface area contributed by atoms with Crippen molar-refractivity contribution in [2.75, 3.05) is 5.73 Å². The van der Waals surface area contributed by atoms with Gasteiger partial charge in [-0.3, -0.25) is 0 Å². The topological polar surface area (TPSA) is 94.3 Å². The molecule has 0 heterocycles. The van der Waals surface area contributed by atoms with Crippen LogP contribution in [0, 0.1) is 6.92 Å². The van der Waals surface area contributed by atoms with Gasteiger partial charge in [-0.1, -0.05) is 17.7 Å². The summed E-state index contributed by atoms with van der Waals surface area (Å²) in [4.78, 5) is -0.549. The van der Waals surface area contributed by atoms with Crippen molar-refractivity contribution in [3.8, 4) is 0 Å². The molecule has 0 atom stereocenters. The molecule has 0 amide bonds. The number of nitrogen functional groups attached to an aromatic ring is 1. The third kappa shape index (κ3) is 2.41. The molecule has 5 nitrogen and oxygen atoms in total. The molecule has 0 saturated heterocycles. The number of nitrogens with two attached hydrogens (primary N) is 1. The Labute approximate surface area is 117 Å². The maximum Gasteiger partial charge on any atom is 0.286 e. The quantitative estimate of drug-likeness (QED) is 0.688. The predicted octanol–water partition coefficient (Wildman–Crippen LogP) is 1.74. The second kappa shape index (κ2) is 4.92. The zero-order valence-electron chi connectivity index (χ0n) is 10.6. The molecule has 0 aliphatic rings. The van der Waals surface area contributed by atoms with Gasteiger partial charge in [-0.2, -0.15) is 0 Å². The molecule has 0 aliphatic heterocycles. The minimum atomic E-state index is -4.50. The van der Waals surface area contributed by atoms with Crippen molar-refractivity contribution < 1.29 is 16.8 Å². The van der Waals surface area contributed by atoms with Gasteiger partial charge in [0.15, 0.2) is 0 Å². The van der Waals surface area contributed by atoms with E-state index in [1.165, 1.54) is 36.4 Å². The van der Waals surface area contributed by atoms with E-state index >= 15 is 0 Å². The van der Waals surface area contributed by atoms with Crippen LogP contribution >= 0.6 is 0 Å². The number of rotatable bonds is 3. The summed E-state index contributed by atoms with van der Waals surface area (Å²) >= 11 is 0. The summed E-state index contributed by atoms with van der Waals surface area (Å²) in [6.07, 6.45) is 0. The van der Waals surface area contributed by atoms with Crippen LogP contribution in [-0.2, 0) is 17.7 Å². The van der Waals surface area contributed by atoms with E-state index in [2.05, 4.69) is 0 Å². The normalized spacial score (nSPS) is 12.2. The van der Waals surface area contributed by atoms with Gasteiger partial charge in [-0.25, -0.2) is 16.8 Å². The van der Waals surface area contributed by atoms with Gasteiger partial charge in [-0.05, 0) is 43.3 Å². The van der Waals surface area contributed by atoms with Crippen molar-refractivity contribution in [1.82, 2.24) is 0 Å². The third-order valence-electron chi connectivity index (χ3n) is 2.77. The molecular weight excluding hydrogens is 298 g/mol. The SMILES string of the molecule is Cc1ccc(S(=O)(=O)S(=O)(=O)c2ccc(N)cc2)cc1. The van der Waals surface area contributed by atoms with Crippen molar-refractivity contribution in [2.45, 2.75) is 16.7 Å². The number of hydrogen-bond acceptors (Lipinski definition) is 5. The standard InChI is InChI=1S/C13H13NO4S2/c1-10-2-6-12(7-3-10)19(15,16)20(17,18)13-8-4-11(14)5-9-13/h2-9H,14H2,1H3. The van der Waals surface area contributed by atoms with Gasteiger partial charge in [-0.15, -0.1) is 0 Å². The van der Waals surface area contributed by atoms with Crippen LogP contribution in [0.2, 0.25) is 0 Å². The molecule has 0 bridgehead atoms. The van der Waals surface area contributed by atoms with Crippen molar-refractivity contribution >= 4 is 23.4 Å². The Balaban J connectivity index is 2.58. The van der Waals surface area contributed by atoms with E-state index in [0.29, 0.717) is 5.69 Å². The zero-order chi connectivity index (χ0) is 15.0. The predicted molar refractivity (Wildman–Crippen MR) is 76.4 cm³/mol. The second-order valence-electron chi connectivity index (χ2n) is 4.29. The van der Waals surface area contributed by atoms with Crippen molar-refractivity contribution in [3.63, 3.8) is 0 Å². The summed E-state index contributed by atoms with van der Waals surface area (Å²) in [5, 5.41) is 0. The molecule has 0 radical (unpaired) electrons. The third-order valence-corrected chi connectivity index (χ3v) is 7.93. The number of aryl methyl sites for hydroxylation is 1. The molecule has 2 aromatic carbocycles. The molecular formula is C13H13NO4S2. The molecule has 0 aliphatic carbocycles. The molecule has 106 valence electrons. The van der Waals surface area contributed by atoms with Crippen molar-refractivity contribution in [1.29, 1.82) is 0 Å². The maximum atomic E-state index is 12.2. The van der Waals surface area contributed by atoms with E-state index in [4.69, 9.17) is 5.73 Å². The van der Waals surface area contributed by atoms with Crippen LogP contribution in [0.5, 0.6) is 0 Å². The van der Waals surface area contributed by atoms with E-state index in [1.807, 2.05) is 0 Å². The van der Waals surface area contributed by atoms with E-state index in [0.717, 1.165) is 5.56 Å². The summed E-state index contributed by atoms with van der Waals surface area (Å²) in [5.41, 5.74) is 6.66. The number of hydrogen-bond donors (Lipinski definition) is 1. The summed E-state index contributed by atoms with van der Waals surface area (Å²) in [7, 11) is -8.99. The number of benzene rings is 2. The lowest BCUT2D eigenvalue weighted by atomic mass is 10.2. The molecule has 0 spiro atoms. The molecule has 0 saturated carbocycles. The minimum absolute atomic E-state index is 0.250. The first-order chi connectivity index (χ1) is 9.25. The Bertz CT molecular complexity index is 747. The van der Waals surface area contributed by atoms with Crippen LogP contribution in [0.3, 0.4) is 0 Å². The van der Waals surface area contributed by atoms with Crippen LogP contribution < -0.4 is 5.73 Å². The van der Waals surface area contributed by atoms with Gasteiger partial charge in [0, 0.05) is 5.69 Å². The monoisotopic (exact) mass is 311 g/mol. The highest BCUT2D eigenvalue weighted by Gasteiger charge is 2.33. The van der Waals surface area contributed by atoms with E-state index in [-0.39, 0.29) is 9.79 Å². The van der Waals surface area contributed by atoms with Gasteiger partial charge in [0.05, 0.1) is 9.79 Å². The van der Waals surface area contributed by atoms with Crippen LogP contribution in [0.15, 0.2) is 58.3 Å². The average molecular weight is 311 g/mol. The van der Waals surface area contributed by atoms with E-state index < -0.39 is 17.7 Å². The smallest absolute Gasteiger partial charge is 0.286 e. The highest BCUT2D eigenvalue weighted by molar-refractivity contribution is 8.67. The van der Waals surface area contributed by atoms with Gasteiger partial charge >= 0.3 is 0 Å². The summed E-state index contributed by atoms with van der Waals surface area (Å²) in [6.45, 7) is 1.78. The van der Waals surface area contributed by atoms with Crippen molar-refractivity contribution in [2.24, 2.45) is 0 Å². The van der Waals surface area contributed by atoms with Gasteiger partial charge in [0.25, 0.3) is 17.7 Å². The van der Waals surface area contributed by atoms with Crippen molar-refractivity contribution in [3.05, 3.63) is 54.1 Å². The molecule has 20 heavy (non-hydrogen) atoms. The summed E-state index contributed by atoms with van der Waals surface area (Å²) in [6, 6.07) is 10.7. The Kier molecular flexibility index (Phi) is 3.58. The van der Waals surface area contributed by atoms with Crippen LogP contribution in [0.25, 0.3) is 0 Å². The molecule has 2 aromatic rings. The fourth-order valence-electron chi connectivity index (χ4n) is 1.59. The fourth-order valence-corrected chi connectivity index (χ4v) is 5.23. The average Bonchev–Trinajstić information content (AvgIpc) is 2.39. The Morgan fingerprint density at radius 2 is 1.05 bits per heavy atom. The summed E-state index contributed by atoms with van der Waals surface area (Å²) in [5.74, 6) is 0. The highest BCUT2D eigenvalue weighted by Crippen LogP contribution is 2.25. The molecule has 2 rings (SSSR count). The van der Waals surface area contributed by atoms with Gasteiger partial charge in [0.1, 0.15) is 0 Å². The lowest BCUT2D eigenvalue weighted by Gasteiger charge is -2.07. The minimum Gasteiger partial charge on any atom is -0.399 e. The lowest BCUT2D eigenvalue weighted by molar-refractivity contribution is 0.582. The van der Waals surface area contributed by atoms with Gasteiger partial charge < -0.3 is 5.73 Å². The molecule has 0 unspecified atom stereocenters. The molecule has 0 fully saturated rings. The van der Waals surface area contributed by atoms with Gasteiger partial charge in [0.2, 0.25) is 0 Å². The zero-order valence-corrected chi connectivity index (χ0v) is 12.3. The fraction of sp³-hybridized carbons (Fsp3) is 0.0769. The highest BCUT2D eigenvalue weighted by atomic mass is 33.2. The Morgan fingerprint density at radius 1 is 0.700 bits per heavy atom. The first-order valence-corrected chi connectivity index (χ1v) is 9.16.